The van der Waals surface area contributed by atoms with Gasteiger partial charge in [-0.25, -0.2) is 0 Å². The second kappa shape index (κ2) is 4.69. The highest BCUT2D eigenvalue weighted by atomic mass is 32.2. The molecule has 1 aromatic heterocycles. The molecule has 0 saturated carbocycles. The lowest BCUT2D eigenvalue weighted by atomic mass is 9.93. The molecule has 6 heteroatoms. The van der Waals surface area contributed by atoms with Gasteiger partial charge < -0.3 is 5.84 Å². The highest BCUT2D eigenvalue weighted by molar-refractivity contribution is 7.99. The van der Waals surface area contributed by atoms with Crippen molar-refractivity contribution < 1.29 is 0 Å². The summed E-state index contributed by atoms with van der Waals surface area (Å²) < 4.78 is 1.04. The van der Waals surface area contributed by atoms with Gasteiger partial charge in [-0.2, -0.15) is 4.68 Å². The van der Waals surface area contributed by atoms with E-state index in [1.165, 1.54) is 11.8 Å². The van der Waals surface area contributed by atoms with Crippen LogP contribution in [0.15, 0.2) is 22.6 Å². The average Bonchev–Trinajstić information content (AvgIpc) is 2.18. The van der Waals surface area contributed by atoms with Crippen molar-refractivity contribution in [2.24, 2.45) is 0 Å². The Bertz CT molecular complexity index is 447. The molecule has 88 valence electrons. The van der Waals surface area contributed by atoms with E-state index in [-0.39, 0.29) is 11.0 Å². The van der Waals surface area contributed by atoms with Gasteiger partial charge in [0.2, 0.25) is 5.16 Å². The number of rotatable bonds is 3. The molecule has 0 aliphatic rings. The molecule has 0 aliphatic carbocycles. The molecule has 2 N–H and O–H groups in total. The fourth-order valence-electron chi connectivity index (χ4n) is 1.09. The summed E-state index contributed by atoms with van der Waals surface area (Å²) in [6.07, 6.45) is 1.72. The van der Waals surface area contributed by atoms with Crippen LogP contribution in [0, 0.1) is 0 Å². The van der Waals surface area contributed by atoms with Gasteiger partial charge in [0.05, 0.1) is 0 Å². The van der Waals surface area contributed by atoms with Crippen LogP contribution in [0.4, 0.5) is 0 Å². The largest absolute Gasteiger partial charge is 0.334 e. The van der Waals surface area contributed by atoms with Gasteiger partial charge in [-0.3, -0.25) is 4.79 Å². The van der Waals surface area contributed by atoms with Gasteiger partial charge in [0.15, 0.2) is 0 Å². The normalized spacial score (nSPS) is 11.4. The predicted octanol–water partition coefficient (Wildman–Crippen LogP) is 0.928. The summed E-state index contributed by atoms with van der Waals surface area (Å²) in [6, 6.07) is 0. The lowest BCUT2D eigenvalue weighted by Crippen LogP contribution is -2.37. The second-order valence-corrected chi connectivity index (χ2v) is 5.34. The highest BCUT2D eigenvalue weighted by Crippen LogP contribution is 2.17. The zero-order chi connectivity index (χ0) is 12.3. The molecule has 5 nitrogen and oxygen atoms in total. The summed E-state index contributed by atoms with van der Waals surface area (Å²) >= 11 is 1.33. The third-order valence-electron chi connectivity index (χ3n) is 1.90. The summed E-state index contributed by atoms with van der Waals surface area (Å²) in [5, 5.41) is 8.29. The Labute approximate surface area is 98.7 Å². The lowest BCUT2D eigenvalue weighted by molar-refractivity contribution is 0.520. The fourth-order valence-corrected chi connectivity index (χ4v) is 1.67. The minimum atomic E-state index is -0.354. The average molecular weight is 240 g/mol. The van der Waals surface area contributed by atoms with Crippen molar-refractivity contribution in [3.05, 3.63) is 28.7 Å². The minimum Gasteiger partial charge on any atom is -0.334 e. The molecule has 0 saturated heterocycles. The number of aromatic nitrogens is 3. The molecule has 0 bridgehead atoms. The van der Waals surface area contributed by atoms with E-state index < -0.39 is 0 Å². The number of nitrogen functional groups attached to an aromatic ring is 1. The van der Waals surface area contributed by atoms with E-state index in [4.69, 9.17) is 5.84 Å². The van der Waals surface area contributed by atoms with E-state index in [1.54, 1.807) is 6.08 Å². The first kappa shape index (κ1) is 12.8. The summed E-state index contributed by atoms with van der Waals surface area (Å²) in [7, 11) is 0. The number of nitrogens with zero attached hydrogens (tertiary/aromatic N) is 3. The standard InChI is InChI=1S/C10H16N4OS/c1-5-6-16-9-13-12-7(10(2,3)4)8(15)14(9)11/h5H,1,6,11H2,2-4H3. The number of thioether (sulfide) groups is 1. The van der Waals surface area contributed by atoms with Crippen LogP contribution in [0.5, 0.6) is 0 Å². The molecule has 1 rings (SSSR count). The first-order valence-corrected chi connectivity index (χ1v) is 5.85. The third kappa shape index (κ3) is 2.63. The maximum Gasteiger partial charge on any atom is 0.295 e. The number of hydrogen-bond donors (Lipinski definition) is 1. The van der Waals surface area contributed by atoms with Crippen molar-refractivity contribution >= 4 is 11.8 Å². The van der Waals surface area contributed by atoms with Gasteiger partial charge in [-0.05, 0) is 0 Å². The van der Waals surface area contributed by atoms with E-state index in [0.717, 1.165) is 4.68 Å². The van der Waals surface area contributed by atoms with E-state index in [2.05, 4.69) is 16.8 Å². The van der Waals surface area contributed by atoms with Crippen LogP contribution in [-0.2, 0) is 5.41 Å². The number of nitrogens with two attached hydrogens (primary N) is 1. The predicted molar refractivity (Wildman–Crippen MR) is 66.1 cm³/mol. The first-order valence-electron chi connectivity index (χ1n) is 4.87. The topological polar surface area (TPSA) is 73.8 Å². The molecule has 0 fully saturated rings. The van der Waals surface area contributed by atoms with Crippen molar-refractivity contribution in [2.75, 3.05) is 11.6 Å². The molecule has 0 spiro atoms. The van der Waals surface area contributed by atoms with E-state index in [1.807, 2.05) is 20.8 Å². The Morgan fingerprint density at radius 3 is 2.62 bits per heavy atom. The van der Waals surface area contributed by atoms with Gasteiger partial charge in [-0.1, -0.05) is 38.6 Å². The zero-order valence-corrected chi connectivity index (χ0v) is 10.5. The smallest absolute Gasteiger partial charge is 0.295 e. The highest BCUT2D eigenvalue weighted by Gasteiger charge is 2.22. The molecule has 0 amide bonds. The van der Waals surface area contributed by atoms with Gasteiger partial charge >= 0.3 is 0 Å². The molecule has 0 atom stereocenters. The minimum absolute atomic E-state index is 0.297. The van der Waals surface area contributed by atoms with Gasteiger partial charge in [0.25, 0.3) is 5.56 Å². The van der Waals surface area contributed by atoms with E-state index in [9.17, 15) is 4.79 Å². The van der Waals surface area contributed by atoms with Gasteiger partial charge in [0.1, 0.15) is 5.69 Å². The van der Waals surface area contributed by atoms with Crippen molar-refractivity contribution in [3.63, 3.8) is 0 Å². The fraction of sp³-hybridized carbons (Fsp3) is 0.500. The summed E-state index contributed by atoms with van der Waals surface area (Å²) in [6.45, 7) is 9.28. The van der Waals surface area contributed by atoms with Crippen LogP contribution in [0.2, 0.25) is 0 Å². The molecule has 1 heterocycles. The maximum absolute atomic E-state index is 11.9. The molecule has 0 radical (unpaired) electrons. The number of hydrogen-bond acceptors (Lipinski definition) is 5. The molecule has 16 heavy (non-hydrogen) atoms. The van der Waals surface area contributed by atoms with Crippen molar-refractivity contribution in [1.82, 2.24) is 14.9 Å². The van der Waals surface area contributed by atoms with Crippen LogP contribution in [0.25, 0.3) is 0 Å². The lowest BCUT2D eigenvalue weighted by Gasteiger charge is -2.16. The van der Waals surface area contributed by atoms with Crippen LogP contribution in [0.1, 0.15) is 26.5 Å². The summed E-state index contributed by atoms with van der Waals surface area (Å²) in [5.41, 5.74) is -0.278. The Morgan fingerprint density at radius 1 is 1.50 bits per heavy atom. The third-order valence-corrected chi connectivity index (χ3v) is 2.84. The quantitative estimate of drug-likeness (QED) is 0.483. The molecule has 0 aliphatic heterocycles. The van der Waals surface area contributed by atoms with Crippen molar-refractivity contribution in [3.8, 4) is 0 Å². The summed E-state index contributed by atoms with van der Waals surface area (Å²) in [4.78, 5) is 11.9. The first-order chi connectivity index (χ1) is 7.38. The van der Waals surface area contributed by atoms with Crippen LogP contribution in [-0.4, -0.2) is 20.6 Å². The van der Waals surface area contributed by atoms with E-state index >= 15 is 0 Å². The van der Waals surface area contributed by atoms with Crippen molar-refractivity contribution in [2.45, 2.75) is 31.3 Å². The van der Waals surface area contributed by atoms with Crippen LogP contribution >= 0.6 is 11.8 Å². The van der Waals surface area contributed by atoms with Gasteiger partial charge in [-0.15, -0.1) is 16.8 Å². The Kier molecular flexibility index (Phi) is 3.74. The monoisotopic (exact) mass is 240 g/mol. The van der Waals surface area contributed by atoms with E-state index in [0.29, 0.717) is 16.6 Å². The molecule has 0 unspecified atom stereocenters. The molecular weight excluding hydrogens is 224 g/mol. The van der Waals surface area contributed by atoms with Crippen LogP contribution < -0.4 is 11.4 Å². The second-order valence-electron chi connectivity index (χ2n) is 4.36. The van der Waals surface area contributed by atoms with Crippen molar-refractivity contribution in [1.29, 1.82) is 0 Å². The Balaban J connectivity index is 3.19. The maximum atomic E-state index is 11.9. The summed E-state index contributed by atoms with van der Waals surface area (Å²) in [5.74, 6) is 6.31. The zero-order valence-electron chi connectivity index (χ0n) is 9.73. The Morgan fingerprint density at radius 2 is 2.12 bits per heavy atom. The van der Waals surface area contributed by atoms with Gasteiger partial charge in [0, 0.05) is 11.2 Å². The van der Waals surface area contributed by atoms with Crippen LogP contribution in [0.3, 0.4) is 0 Å². The molecule has 0 aromatic carbocycles. The molecule has 1 aromatic rings. The molecular formula is C10H16N4OS. The SMILES string of the molecule is C=CCSc1nnc(C(C)(C)C)c(=O)n1N. The Hall–Kier alpha value is -1.30.